The van der Waals surface area contributed by atoms with E-state index in [1.165, 1.54) is 12.1 Å². The molecule has 5 rings (SSSR count). The highest BCUT2D eigenvalue weighted by Crippen LogP contribution is 2.38. The van der Waals surface area contributed by atoms with E-state index in [2.05, 4.69) is 0 Å². The van der Waals surface area contributed by atoms with Gasteiger partial charge in [-0.25, -0.2) is 4.39 Å². The first kappa shape index (κ1) is 12.5. The van der Waals surface area contributed by atoms with Crippen LogP contribution in [0.25, 0.3) is 32.7 Å². The lowest BCUT2D eigenvalue weighted by atomic mass is 10.0. The third kappa shape index (κ3) is 1.61. The third-order valence-corrected chi connectivity index (χ3v) is 4.12. The summed E-state index contributed by atoms with van der Waals surface area (Å²) in [4.78, 5) is 12.9. The van der Waals surface area contributed by atoms with Gasteiger partial charge in [0.2, 0.25) is 12.2 Å². The molecule has 112 valence electrons. The predicted octanol–water partition coefficient (Wildman–Crippen LogP) is 3.97. The Labute approximate surface area is 128 Å². The zero-order valence-corrected chi connectivity index (χ0v) is 11.8. The molecule has 1 aliphatic heterocycles. The van der Waals surface area contributed by atoms with Gasteiger partial charge in [0.15, 0.2) is 11.5 Å². The minimum absolute atomic E-state index is 0.0369. The molecule has 0 N–H and O–H groups in total. The second-order valence-electron chi connectivity index (χ2n) is 5.41. The molecule has 0 bridgehead atoms. The highest BCUT2D eigenvalue weighted by molar-refractivity contribution is 6.09. The maximum atomic E-state index is 14.1. The Morgan fingerprint density at radius 2 is 1.70 bits per heavy atom. The van der Waals surface area contributed by atoms with E-state index in [0.29, 0.717) is 27.9 Å². The number of halogens is 1. The molecule has 0 atom stereocenters. The van der Waals surface area contributed by atoms with Gasteiger partial charge in [-0.15, -0.1) is 0 Å². The Morgan fingerprint density at radius 3 is 2.57 bits per heavy atom. The molecule has 0 amide bonds. The van der Waals surface area contributed by atoms with Crippen LogP contribution in [-0.2, 0) is 0 Å². The molecule has 23 heavy (non-hydrogen) atoms. The Hall–Kier alpha value is -3.08. The summed E-state index contributed by atoms with van der Waals surface area (Å²) in [5.41, 5.74) is 0.269. The van der Waals surface area contributed by atoms with Crippen LogP contribution >= 0.6 is 0 Å². The summed E-state index contributed by atoms with van der Waals surface area (Å²) in [6.45, 7) is 0.149. The van der Waals surface area contributed by atoms with E-state index in [4.69, 9.17) is 13.9 Å². The van der Waals surface area contributed by atoms with E-state index in [0.717, 1.165) is 5.39 Å². The zero-order valence-electron chi connectivity index (χ0n) is 11.8. The number of hydrogen-bond donors (Lipinski definition) is 0. The number of ether oxygens (including phenoxy) is 2. The molecule has 0 fully saturated rings. The number of hydrogen-bond acceptors (Lipinski definition) is 4. The molecule has 0 radical (unpaired) electrons. The minimum atomic E-state index is -0.587. The summed E-state index contributed by atoms with van der Waals surface area (Å²) in [6, 6.07) is 11.5. The molecule has 0 unspecified atom stereocenters. The summed E-state index contributed by atoms with van der Waals surface area (Å²) in [5, 5.41) is 1.78. The van der Waals surface area contributed by atoms with Crippen LogP contribution in [-0.4, -0.2) is 6.79 Å². The Bertz CT molecular complexity index is 1180. The summed E-state index contributed by atoms with van der Waals surface area (Å²) in [5.74, 6) is 0.613. The van der Waals surface area contributed by atoms with E-state index in [9.17, 15) is 9.18 Å². The largest absolute Gasteiger partial charge is 0.456 e. The van der Waals surface area contributed by atoms with Crippen molar-refractivity contribution >= 4 is 32.7 Å². The lowest BCUT2D eigenvalue weighted by Gasteiger charge is -2.06. The predicted molar refractivity (Wildman–Crippen MR) is 83.6 cm³/mol. The van der Waals surface area contributed by atoms with E-state index in [1.807, 2.05) is 12.1 Å². The van der Waals surface area contributed by atoms with Crippen LogP contribution in [0.1, 0.15) is 0 Å². The maximum Gasteiger partial charge on any atom is 0.231 e. The molecule has 1 aromatic heterocycles. The molecule has 1 aliphatic rings. The van der Waals surface area contributed by atoms with Gasteiger partial charge < -0.3 is 13.9 Å². The molecule has 0 aliphatic carbocycles. The molecular formula is C18H9FO4. The lowest BCUT2D eigenvalue weighted by Crippen LogP contribution is -2.04. The third-order valence-electron chi connectivity index (χ3n) is 4.12. The van der Waals surface area contributed by atoms with Gasteiger partial charge >= 0.3 is 0 Å². The van der Waals surface area contributed by atoms with Crippen molar-refractivity contribution in [3.8, 4) is 11.5 Å². The minimum Gasteiger partial charge on any atom is -0.456 e. The highest BCUT2D eigenvalue weighted by atomic mass is 19.1. The Balaban J connectivity index is 2.04. The van der Waals surface area contributed by atoms with Crippen LogP contribution in [0.2, 0.25) is 0 Å². The maximum absolute atomic E-state index is 14.1. The first-order valence-electron chi connectivity index (χ1n) is 7.10. The van der Waals surface area contributed by atoms with Gasteiger partial charge in [-0.05, 0) is 35.7 Å². The second-order valence-corrected chi connectivity index (χ2v) is 5.41. The molecule has 0 saturated heterocycles. The molecular weight excluding hydrogens is 299 g/mol. The fraction of sp³-hybridized carbons (Fsp3) is 0.0556. The topological polar surface area (TPSA) is 48.7 Å². The first-order valence-corrected chi connectivity index (χ1v) is 7.10. The first-order chi connectivity index (χ1) is 11.2. The van der Waals surface area contributed by atoms with Gasteiger partial charge in [0, 0.05) is 5.39 Å². The zero-order chi connectivity index (χ0) is 15.6. The van der Waals surface area contributed by atoms with Crippen molar-refractivity contribution in [3.05, 3.63) is 58.5 Å². The van der Waals surface area contributed by atoms with Crippen LogP contribution < -0.4 is 14.9 Å². The van der Waals surface area contributed by atoms with Crippen molar-refractivity contribution < 1.29 is 18.3 Å². The van der Waals surface area contributed by atoms with E-state index in [1.54, 1.807) is 18.2 Å². The van der Waals surface area contributed by atoms with Crippen molar-refractivity contribution in [1.29, 1.82) is 0 Å². The second kappa shape index (κ2) is 4.23. The van der Waals surface area contributed by atoms with Crippen molar-refractivity contribution in [2.24, 2.45) is 0 Å². The van der Waals surface area contributed by atoms with Gasteiger partial charge in [0.05, 0.1) is 5.39 Å². The number of fused-ring (bicyclic) bond motifs is 5. The van der Waals surface area contributed by atoms with Crippen molar-refractivity contribution in [2.45, 2.75) is 0 Å². The quantitative estimate of drug-likeness (QED) is 0.364. The average molecular weight is 308 g/mol. The smallest absolute Gasteiger partial charge is 0.231 e. The molecule has 5 heteroatoms. The van der Waals surface area contributed by atoms with Gasteiger partial charge in [-0.2, -0.15) is 0 Å². The fourth-order valence-corrected chi connectivity index (χ4v) is 3.07. The van der Waals surface area contributed by atoms with Crippen LogP contribution in [0.4, 0.5) is 4.39 Å². The molecule has 3 aromatic carbocycles. The van der Waals surface area contributed by atoms with Crippen LogP contribution in [0.3, 0.4) is 0 Å². The molecule has 0 spiro atoms. The number of rotatable bonds is 0. The van der Waals surface area contributed by atoms with E-state index < -0.39 is 5.82 Å². The highest BCUT2D eigenvalue weighted by Gasteiger charge is 2.18. The fourth-order valence-electron chi connectivity index (χ4n) is 3.07. The Morgan fingerprint density at radius 1 is 0.913 bits per heavy atom. The summed E-state index contributed by atoms with van der Waals surface area (Å²) in [6.07, 6.45) is 0. The van der Waals surface area contributed by atoms with Crippen LogP contribution in [0.15, 0.2) is 51.7 Å². The van der Waals surface area contributed by atoms with Crippen molar-refractivity contribution in [2.75, 3.05) is 6.79 Å². The van der Waals surface area contributed by atoms with Crippen molar-refractivity contribution in [3.63, 3.8) is 0 Å². The van der Waals surface area contributed by atoms with Gasteiger partial charge in [-0.1, -0.05) is 12.1 Å². The van der Waals surface area contributed by atoms with E-state index >= 15 is 0 Å². The van der Waals surface area contributed by atoms with Gasteiger partial charge in [-0.3, -0.25) is 4.79 Å². The molecule has 4 nitrogen and oxygen atoms in total. The molecule has 4 aromatic rings. The normalized spacial score (nSPS) is 13.3. The molecule has 0 saturated carbocycles. The Kier molecular flexibility index (Phi) is 2.29. The monoisotopic (exact) mass is 308 g/mol. The molecule has 2 heterocycles. The lowest BCUT2D eigenvalue weighted by molar-refractivity contribution is 0.174. The van der Waals surface area contributed by atoms with Gasteiger partial charge in [0.1, 0.15) is 22.4 Å². The standard InChI is InChI=1S/C18H9FO4/c19-11-2-1-3-12-17(11)18(20)16-10-7-15-14(21-8-22-15)6-9(10)4-5-13(16)23-12/h1-7H,8H2. The SMILES string of the molecule is O=c1c2c(F)cccc2oc2ccc3cc4c(cc3c12)OCO4. The summed E-state index contributed by atoms with van der Waals surface area (Å²) in [7, 11) is 0. The van der Waals surface area contributed by atoms with Crippen LogP contribution in [0, 0.1) is 5.82 Å². The summed E-state index contributed by atoms with van der Waals surface area (Å²) < 4.78 is 30.5. The number of benzene rings is 3. The van der Waals surface area contributed by atoms with Crippen molar-refractivity contribution in [1.82, 2.24) is 0 Å². The van der Waals surface area contributed by atoms with Crippen LogP contribution in [0.5, 0.6) is 11.5 Å². The van der Waals surface area contributed by atoms with E-state index in [-0.39, 0.29) is 23.2 Å². The average Bonchev–Trinajstić information content (AvgIpc) is 2.99. The van der Waals surface area contributed by atoms with Gasteiger partial charge in [0.25, 0.3) is 0 Å². The summed E-state index contributed by atoms with van der Waals surface area (Å²) >= 11 is 0.